The van der Waals surface area contributed by atoms with Crippen molar-refractivity contribution in [2.75, 3.05) is 39.6 Å². The SMILES string of the molecule is CCCCCCCCCCCCCCCCCCCCCCCCC(=O)O[C@H](COC(=O)CCCCCCCCCCCCCCCCCCCCCC)COP(=O)(O)OC[C@@H](O)COP(=O)(O)OC[C@@H](COC(=O)CCCCCCCCCCC)OC(=O)CCCCCCCCCCCCCCCCCCC. The van der Waals surface area contributed by atoms with Gasteiger partial charge in [-0.25, -0.2) is 9.13 Å². The Labute approximate surface area is 664 Å². The fourth-order valence-electron chi connectivity index (χ4n) is 14.1. The first-order chi connectivity index (χ1) is 52.7. The molecule has 0 saturated carbocycles. The van der Waals surface area contributed by atoms with Crippen molar-refractivity contribution in [2.45, 2.75) is 508 Å². The molecule has 0 aliphatic rings. The van der Waals surface area contributed by atoms with Gasteiger partial charge in [-0.2, -0.15) is 0 Å². The van der Waals surface area contributed by atoms with E-state index in [4.69, 9.17) is 37.0 Å². The molecule has 0 radical (unpaired) electrons. The van der Waals surface area contributed by atoms with Crippen molar-refractivity contribution in [1.29, 1.82) is 0 Å². The molecule has 0 rings (SSSR count). The molecule has 0 aliphatic carbocycles. The summed E-state index contributed by atoms with van der Waals surface area (Å²) in [5.41, 5.74) is 0. The molecule has 0 aromatic heterocycles. The monoisotopic (exact) mass is 1580 g/mol. The van der Waals surface area contributed by atoms with E-state index in [2.05, 4.69) is 27.7 Å². The van der Waals surface area contributed by atoms with Crippen molar-refractivity contribution in [3.05, 3.63) is 0 Å². The Morgan fingerprint density at radius 3 is 0.546 bits per heavy atom. The van der Waals surface area contributed by atoms with E-state index in [1.807, 2.05) is 0 Å². The largest absolute Gasteiger partial charge is 0.472 e. The van der Waals surface area contributed by atoms with E-state index >= 15 is 0 Å². The third-order valence-electron chi connectivity index (χ3n) is 21.1. The molecule has 0 aromatic rings. The van der Waals surface area contributed by atoms with Gasteiger partial charge in [0.15, 0.2) is 12.2 Å². The molecule has 0 saturated heterocycles. The Morgan fingerprint density at radius 2 is 0.370 bits per heavy atom. The van der Waals surface area contributed by atoms with Crippen LogP contribution in [-0.2, 0) is 65.4 Å². The number of hydrogen-bond donors (Lipinski definition) is 3. The average molecular weight is 1580 g/mol. The van der Waals surface area contributed by atoms with Crippen LogP contribution in [-0.4, -0.2) is 96.7 Å². The fraction of sp³-hybridized carbons (Fsp3) is 0.955. The van der Waals surface area contributed by atoms with Gasteiger partial charge in [0.05, 0.1) is 26.4 Å². The molecule has 0 bridgehead atoms. The van der Waals surface area contributed by atoms with Gasteiger partial charge in [-0.05, 0) is 25.7 Å². The first-order valence-electron chi connectivity index (χ1n) is 46.3. The number of aliphatic hydroxyl groups is 1. The Balaban J connectivity index is 5.19. The van der Waals surface area contributed by atoms with Crippen molar-refractivity contribution in [3.63, 3.8) is 0 Å². The second-order valence-electron chi connectivity index (χ2n) is 32.0. The lowest BCUT2D eigenvalue weighted by atomic mass is 10.0. The zero-order valence-electron chi connectivity index (χ0n) is 70.8. The van der Waals surface area contributed by atoms with Gasteiger partial charge in [-0.1, -0.05) is 439 Å². The summed E-state index contributed by atoms with van der Waals surface area (Å²) in [7, 11) is -9.93. The third kappa shape index (κ3) is 82.1. The highest BCUT2D eigenvalue weighted by Gasteiger charge is 2.30. The predicted octanol–water partition coefficient (Wildman–Crippen LogP) is 27.7. The number of carbonyl (C=O) groups excluding carboxylic acids is 4. The molecule has 0 aromatic carbocycles. The molecular formula is C89H174O17P2. The molecular weight excluding hydrogens is 1400 g/mol. The van der Waals surface area contributed by atoms with Crippen LogP contribution in [0.5, 0.6) is 0 Å². The van der Waals surface area contributed by atoms with Gasteiger partial charge in [-0.15, -0.1) is 0 Å². The minimum absolute atomic E-state index is 0.109. The number of phosphoric ester groups is 2. The summed E-state index contributed by atoms with van der Waals surface area (Å²) in [6.45, 7) is 5.06. The van der Waals surface area contributed by atoms with E-state index < -0.39 is 97.5 Å². The molecule has 19 heteroatoms. The van der Waals surface area contributed by atoms with Gasteiger partial charge in [0.1, 0.15) is 19.3 Å². The lowest BCUT2D eigenvalue weighted by Gasteiger charge is -2.21. The van der Waals surface area contributed by atoms with E-state index in [1.165, 1.54) is 321 Å². The number of carbonyl (C=O) groups is 4. The Hall–Kier alpha value is -1.94. The van der Waals surface area contributed by atoms with Gasteiger partial charge >= 0.3 is 39.5 Å². The second kappa shape index (κ2) is 83.0. The van der Waals surface area contributed by atoms with Gasteiger partial charge < -0.3 is 33.8 Å². The molecule has 108 heavy (non-hydrogen) atoms. The molecule has 0 heterocycles. The van der Waals surface area contributed by atoms with Crippen molar-refractivity contribution < 1.29 is 80.2 Å². The topological polar surface area (TPSA) is 237 Å². The zero-order valence-corrected chi connectivity index (χ0v) is 72.6. The van der Waals surface area contributed by atoms with Crippen molar-refractivity contribution in [3.8, 4) is 0 Å². The summed E-state index contributed by atoms with van der Waals surface area (Å²) in [6, 6.07) is 0. The minimum atomic E-state index is -4.97. The van der Waals surface area contributed by atoms with Crippen LogP contribution in [0.3, 0.4) is 0 Å². The van der Waals surface area contributed by atoms with Crippen molar-refractivity contribution >= 4 is 39.5 Å². The summed E-state index contributed by atoms with van der Waals surface area (Å²) < 4.78 is 68.9. The van der Waals surface area contributed by atoms with E-state index in [-0.39, 0.29) is 25.7 Å². The number of esters is 4. The molecule has 0 fully saturated rings. The maximum absolute atomic E-state index is 13.2. The van der Waals surface area contributed by atoms with Gasteiger partial charge in [0, 0.05) is 25.7 Å². The highest BCUT2D eigenvalue weighted by molar-refractivity contribution is 7.47. The molecule has 5 atom stereocenters. The van der Waals surface area contributed by atoms with Gasteiger partial charge in [0.25, 0.3) is 0 Å². The minimum Gasteiger partial charge on any atom is -0.462 e. The van der Waals surface area contributed by atoms with Crippen LogP contribution in [0.25, 0.3) is 0 Å². The molecule has 3 N–H and O–H groups in total. The Morgan fingerprint density at radius 1 is 0.222 bits per heavy atom. The fourth-order valence-corrected chi connectivity index (χ4v) is 15.6. The molecule has 0 amide bonds. The van der Waals surface area contributed by atoms with E-state index in [9.17, 15) is 43.2 Å². The number of aliphatic hydroxyl groups excluding tert-OH is 1. The summed E-state index contributed by atoms with van der Waals surface area (Å²) in [5, 5.41) is 10.7. The zero-order chi connectivity index (χ0) is 78.9. The Kier molecular flexibility index (Phi) is 81.5. The first kappa shape index (κ1) is 106. The second-order valence-corrected chi connectivity index (χ2v) is 34.9. The van der Waals surface area contributed by atoms with Crippen LogP contribution in [0.15, 0.2) is 0 Å². The molecule has 642 valence electrons. The number of hydrogen-bond acceptors (Lipinski definition) is 15. The maximum Gasteiger partial charge on any atom is 0.472 e. The van der Waals surface area contributed by atoms with Crippen molar-refractivity contribution in [2.24, 2.45) is 0 Å². The normalized spacial score (nSPS) is 13.7. The summed E-state index contributed by atoms with van der Waals surface area (Å²) >= 11 is 0. The van der Waals surface area contributed by atoms with Crippen LogP contribution in [0.2, 0.25) is 0 Å². The lowest BCUT2D eigenvalue weighted by Crippen LogP contribution is -2.30. The van der Waals surface area contributed by atoms with Crippen LogP contribution in [0, 0.1) is 0 Å². The number of phosphoric acid groups is 2. The number of ether oxygens (including phenoxy) is 4. The molecule has 17 nitrogen and oxygen atoms in total. The highest BCUT2D eigenvalue weighted by Crippen LogP contribution is 2.45. The molecule has 0 aliphatic heterocycles. The van der Waals surface area contributed by atoms with Crippen LogP contribution in [0.1, 0.15) is 490 Å². The third-order valence-corrected chi connectivity index (χ3v) is 23.0. The average Bonchev–Trinajstić information content (AvgIpc) is 0.918. The van der Waals surface area contributed by atoms with E-state index in [0.717, 1.165) is 89.9 Å². The van der Waals surface area contributed by atoms with E-state index in [1.54, 1.807) is 0 Å². The summed E-state index contributed by atoms with van der Waals surface area (Å²) in [4.78, 5) is 73.3. The highest BCUT2D eigenvalue weighted by atomic mass is 31.2. The Bertz CT molecular complexity index is 2030. The van der Waals surface area contributed by atoms with E-state index in [0.29, 0.717) is 25.7 Å². The molecule has 0 spiro atoms. The number of unbranched alkanes of at least 4 members (excludes halogenated alkanes) is 64. The van der Waals surface area contributed by atoms with Crippen LogP contribution >= 0.6 is 15.6 Å². The van der Waals surface area contributed by atoms with Gasteiger partial charge in [0.2, 0.25) is 0 Å². The first-order valence-corrected chi connectivity index (χ1v) is 49.3. The summed E-state index contributed by atoms with van der Waals surface area (Å²) in [5.74, 6) is -2.10. The molecule has 2 unspecified atom stereocenters. The summed E-state index contributed by atoms with van der Waals surface area (Å²) in [6.07, 6.45) is 79.4. The lowest BCUT2D eigenvalue weighted by molar-refractivity contribution is -0.161. The van der Waals surface area contributed by atoms with Crippen LogP contribution < -0.4 is 0 Å². The standard InChI is InChI=1S/C89H174O17P2/c1-5-9-13-17-21-25-28-31-34-37-39-41-42-44-47-50-53-56-60-64-68-72-76-89(94)106-85(80-100-87(92)74-70-66-62-58-54-51-48-46-43-40-38-35-32-29-26-22-18-14-10-6-2)82-104-108(97,98)102-78-83(90)77-101-107(95,96)103-81-84(79-99-86(91)73-69-65-61-57-24-20-16-12-8-4)105-88(93)75-71-67-63-59-55-52-49-45-36-33-30-27-23-19-15-11-7-3/h83-85,90H,5-82H2,1-4H3,(H,95,96)(H,97,98)/t83-,84+,85+/m0/s1. The quantitative estimate of drug-likeness (QED) is 0.0222. The van der Waals surface area contributed by atoms with Gasteiger partial charge in [-0.3, -0.25) is 37.3 Å². The predicted molar refractivity (Wildman–Crippen MR) is 446 cm³/mol. The smallest absolute Gasteiger partial charge is 0.462 e. The maximum atomic E-state index is 13.2. The van der Waals surface area contributed by atoms with Crippen LogP contribution in [0.4, 0.5) is 0 Å². The van der Waals surface area contributed by atoms with Crippen molar-refractivity contribution in [1.82, 2.24) is 0 Å². The number of rotatable bonds is 90.